The molecule has 5 nitrogen and oxygen atoms in total. The molecule has 1 aromatic carbocycles. The Balaban J connectivity index is 1.37. The first kappa shape index (κ1) is 19.2. The molecule has 1 atom stereocenters. The van der Waals surface area contributed by atoms with E-state index >= 15 is 0 Å². The van der Waals surface area contributed by atoms with Gasteiger partial charge < -0.3 is 14.4 Å². The summed E-state index contributed by atoms with van der Waals surface area (Å²) >= 11 is 0. The van der Waals surface area contributed by atoms with Crippen molar-refractivity contribution >= 4 is 5.91 Å². The van der Waals surface area contributed by atoms with Crippen molar-refractivity contribution in [1.82, 2.24) is 9.80 Å². The number of morpholine rings is 1. The Kier molecular flexibility index (Phi) is 7.32. The molecule has 2 heterocycles. The zero-order chi connectivity index (χ0) is 18.2. The van der Waals surface area contributed by atoms with Gasteiger partial charge in [0.2, 0.25) is 5.91 Å². The average Bonchev–Trinajstić information content (AvgIpc) is 2.67. The van der Waals surface area contributed by atoms with Gasteiger partial charge in [-0.05, 0) is 50.4 Å². The van der Waals surface area contributed by atoms with Crippen molar-refractivity contribution in [3.8, 4) is 5.75 Å². The number of likely N-dealkylation sites (tertiary alicyclic amines) is 1. The van der Waals surface area contributed by atoms with Gasteiger partial charge in [0.15, 0.2) is 0 Å². The number of carbonyl (C=O) groups excluding carboxylic acids is 1. The third-order valence-electron chi connectivity index (χ3n) is 5.32. The van der Waals surface area contributed by atoms with Crippen molar-refractivity contribution in [1.29, 1.82) is 0 Å². The fourth-order valence-corrected chi connectivity index (χ4v) is 3.78. The highest BCUT2D eigenvalue weighted by Gasteiger charge is 2.24. The van der Waals surface area contributed by atoms with E-state index < -0.39 is 0 Å². The zero-order valence-electron chi connectivity index (χ0n) is 16.0. The smallest absolute Gasteiger partial charge is 0.222 e. The predicted octanol–water partition coefficient (Wildman–Crippen LogP) is 2.72. The highest BCUT2D eigenvalue weighted by molar-refractivity contribution is 5.76. The molecular formula is C21H32N2O3. The average molecular weight is 360 g/mol. The van der Waals surface area contributed by atoms with Gasteiger partial charge in [-0.3, -0.25) is 9.69 Å². The van der Waals surface area contributed by atoms with Gasteiger partial charge in [0.05, 0.1) is 19.8 Å². The molecule has 0 saturated carbocycles. The first-order valence-corrected chi connectivity index (χ1v) is 9.98. The number of rotatable bonds is 7. The molecule has 5 heteroatoms. The maximum absolute atomic E-state index is 12.5. The summed E-state index contributed by atoms with van der Waals surface area (Å²) in [5.41, 5.74) is 1.21. The number of hydrogen-bond acceptors (Lipinski definition) is 4. The lowest BCUT2D eigenvalue weighted by molar-refractivity contribution is -0.133. The molecule has 2 aliphatic heterocycles. The second-order valence-corrected chi connectivity index (χ2v) is 7.53. The molecule has 0 aliphatic carbocycles. The largest absolute Gasteiger partial charge is 0.493 e. The van der Waals surface area contributed by atoms with E-state index in [0.29, 0.717) is 24.9 Å². The van der Waals surface area contributed by atoms with E-state index in [-0.39, 0.29) is 0 Å². The number of carbonyl (C=O) groups is 1. The van der Waals surface area contributed by atoms with E-state index in [0.717, 1.165) is 70.9 Å². The minimum absolute atomic E-state index is 0.304. The van der Waals surface area contributed by atoms with Gasteiger partial charge in [0.1, 0.15) is 5.75 Å². The Morgan fingerprint density at radius 3 is 2.92 bits per heavy atom. The molecule has 0 aromatic heterocycles. The minimum Gasteiger partial charge on any atom is -0.493 e. The number of benzene rings is 1. The van der Waals surface area contributed by atoms with Crippen LogP contribution in [0.2, 0.25) is 0 Å². The highest BCUT2D eigenvalue weighted by atomic mass is 16.5. The Hall–Kier alpha value is -1.59. The van der Waals surface area contributed by atoms with Crippen LogP contribution in [-0.4, -0.2) is 68.3 Å². The summed E-state index contributed by atoms with van der Waals surface area (Å²) < 4.78 is 11.3. The Bertz CT molecular complexity index is 572. The van der Waals surface area contributed by atoms with Crippen LogP contribution in [0, 0.1) is 12.8 Å². The van der Waals surface area contributed by atoms with Crippen molar-refractivity contribution in [3.63, 3.8) is 0 Å². The Labute approximate surface area is 157 Å². The number of nitrogens with zero attached hydrogens (tertiary/aromatic N) is 2. The summed E-state index contributed by atoms with van der Waals surface area (Å²) in [6.07, 6.45) is 3.82. The van der Waals surface area contributed by atoms with Crippen molar-refractivity contribution in [3.05, 3.63) is 29.8 Å². The van der Waals surface area contributed by atoms with E-state index in [1.165, 1.54) is 5.56 Å². The fraction of sp³-hybridized carbons (Fsp3) is 0.667. The predicted molar refractivity (Wildman–Crippen MR) is 102 cm³/mol. The molecule has 144 valence electrons. The topological polar surface area (TPSA) is 42.0 Å². The first-order chi connectivity index (χ1) is 12.7. The summed E-state index contributed by atoms with van der Waals surface area (Å²) in [6.45, 7) is 9.14. The Morgan fingerprint density at radius 1 is 1.27 bits per heavy atom. The molecule has 0 radical (unpaired) electrons. The van der Waals surface area contributed by atoms with Crippen molar-refractivity contribution < 1.29 is 14.3 Å². The SMILES string of the molecule is Cc1cccc(OCC2CCCN(C(=O)CCCN3CCOCC3)C2)c1. The summed E-state index contributed by atoms with van der Waals surface area (Å²) in [4.78, 5) is 17.0. The van der Waals surface area contributed by atoms with Crippen LogP contribution < -0.4 is 4.74 Å². The van der Waals surface area contributed by atoms with Crippen molar-refractivity contribution in [2.45, 2.75) is 32.6 Å². The van der Waals surface area contributed by atoms with Crippen LogP contribution in [0.3, 0.4) is 0 Å². The third kappa shape index (κ3) is 5.99. The van der Waals surface area contributed by atoms with E-state index in [2.05, 4.69) is 24.0 Å². The molecule has 3 rings (SSSR count). The molecule has 1 unspecified atom stereocenters. The van der Waals surface area contributed by atoms with E-state index in [1.54, 1.807) is 0 Å². The second-order valence-electron chi connectivity index (χ2n) is 7.53. The number of ether oxygens (including phenoxy) is 2. The lowest BCUT2D eigenvalue weighted by Gasteiger charge is -2.33. The van der Waals surface area contributed by atoms with Gasteiger partial charge in [0.25, 0.3) is 0 Å². The zero-order valence-corrected chi connectivity index (χ0v) is 16.0. The molecule has 1 amide bonds. The van der Waals surface area contributed by atoms with Crippen LogP contribution >= 0.6 is 0 Å². The molecular weight excluding hydrogens is 328 g/mol. The van der Waals surface area contributed by atoms with Crippen LogP contribution in [0.1, 0.15) is 31.2 Å². The molecule has 2 saturated heterocycles. The maximum Gasteiger partial charge on any atom is 0.222 e. The second kappa shape index (κ2) is 9.93. The number of piperidine rings is 1. The lowest BCUT2D eigenvalue weighted by atomic mass is 9.98. The molecule has 0 spiro atoms. The first-order valence-electron chi connectivity index (χ1n) is 9.98. The third-order valence-corrected chi connectivity index (χ3v) is 5.32. The molecule has 2 fully saturated rings. The summed E-state index contributed by atoms with van der Waals surface area (Å²) in [7, 11) is 0. The lowest BCUT2D eigenvalue weighted by Crippen LogP contribution is -2.42. The number of aryl methyl sites for hydroxylation is 1. The summed E-state index contributed by atoms with van der Waals surface area (Å²) in [5.74, 6) is 1.67. The van der Waals surface area contributed by atoms with E-state index in [4.69, 9.17) is 9.47 Å². The van der Waals surface area contributed by atoms with Crippen LogP contribution in [-0.2, 0) is 9.53 Å². The number of hydrogen-bond donors (Lipinski definition) is 0. The van der Waals surface area contributed by atoms with E-state index in [9.17, 15) is 4.79 Å². The monoisotopic (exact) mass is 360 g/mol. The minimum atomic E-state index is 0.304. The highest BCUT2D eigenvalue weighted by Crippen LogP contribution is 2.20. The van der Waals surface area contributed by atoms with Crippen molar-refractivity contribution in [2.75, 3.05) is 52.5 Å². The van der Waals surface area contributed by atoms with Gasteiger partial charge in [-0.2, -0.15) is 0 Å². The van der Waals surface area contributed by atoms with Crippen LogP contribution in [0.15, 0.2) is 24.3 Å². The summed E-state index contributed by atoms with van der Waals surface area (Å²) in [5, 5.41) is 0. The maximum atomic E-state index is 12.5. The number of amides is 1. The van der Waals surface area contributed by atoms with E-state index in [1.807, 2.05) is 17.0 Å². The van der Waals surface area contributed by atoms with Gasteiger partial charge in [-0.25, -0.2) is 0 Å². The van der Waals surface area contributed by atoms with Crippen molar-refractivity contribution in [2.24, 2.45) is 5.92 Å². The fourth-order valence-electron chi connectivity index (χ4n) is 3.78. The standard InChI is InChI=1S/C21H32N2O3/c1-18-5-2-7-20(15-18)26-17-19-6-3-10-23(16-19)21(24)8-4-9-22-11-13-25-14-12-22/h2,5,7,15,19H,3-4,6,8-14,16-17H2,1H3. The van der Waals surface area contributed by atoms with Gasteiger partial charge in [-0.15, -0.1) is 0 Å². The normalized spacial score (nSPS) is 21.6. The van der Waals surface area contributed by atoms with Crippen LogP contribution in [0.25, 0.3) is 0 Å². The van der Waals surface area contributed by atoms with Gasteiger partial charge in [0, 0.05) is 38.5 Å². The van der Waals surface area contributed by atoms with Crippen LogP contribution in [0.5, 0.6) is 5.75 Å². The summed E-state index contributed by atoms with van der Waals surface area (Å²) in [6, 6.07) is 8.17. The Morgan fingerprint density at radius 2 is 2.12 bits per heavy atom. The molecule has 2 aliphatic rings. The quantitative estimate of drug-likeness (QED) is 0.750. The van der Waals surface area contributed by atoms with Gasteiger partial charge >= 0.3 is 0 Å². The molecule has 26 heavy (non-hydrogen) atoms. The molecule has 0 bridgehead atoms. The molecule has 1 aromatic rings. The van der Waals surface area contributed by atoms with Crippen LogP contribution in [0.4, 0.5) is 0 Å². The molecule has 0 N–H and O–H groups in total. The van der Waals surface area contributed by atoms with Gasteiger partial charge in [-0.1, -0.05) is 12.1 Å².